The Morgan fingerprint density at radius 1 is 0.913 bits per heavy atom. The Hall–Kier alpha value is -1.61. The number of hydrogen-bond donors (Lipinski definition) is 0. The van der Waals surface area contributed by atoms with Crippen LogP contribution in [0.15, 0.2) is 60.7 Å². The maximum Gasteiger partial charge on any atom is 0.356 e. The van der Waals surface area contributed by atoms with Crippen LogP contribution in [-0.2, 0) is 4.43 Å². The summed E-state index contributed by atoms with van der Waals surface area (Å²) >= 11 is 5.95. The molecule has 2 aromatic carbocycles. The van der Waals surface area contributed by atoms with E-state index in [2.05, 4.69) is 72.8 Å². The Kier molecular flexibility index (Phi) is 4.21. The molecule has 23 heavy (non-hydrogen) atoms. The smallest absolute Gasteiger partial charge is 0.356 e. The van der Waals surface area contributed by atoms with Crippen molar-refractivity contribution in [2.24, 2.45) is 0 Å². The molecule has 0 bridgehead atoms. The van der Waals surface area contributed by atoms with Gasteiger partial charge in [0, 0.05) is 11.8 Å². The van der Waals surface area contributed by atoms with E-state index in [0.717, 1.165) is 6.42 Å². The fourth-order valence-corrected chi connectivity index (χ4v) is 4.41. The molecule has 2 aliphatic carbocycles. The molecule has 0 amide bonds. The molecule has 2 aromatic rings. The predicted molar refractivity (Wildman–Crippen MR) is 97.5 cm³/mol. The van der Waals surface area contributed by atoms with Gasteiger partial charge in [-0.15, -0.1) is 11.1 Å². The van der Waals surface area contributed by atoms with Crippen LogP contribution < -0.4 is 0 Å². The third-order valence-corrected chi connectivity index (χ3v) is 5.48. The molecule has 2 radical (unpaired) electrons. The van der Waals surface area contributed by atoms with E-state index in [1.807, 2.05) is 0 Å². The van der Waals surface area contributed by atoms with E-state index in [9.17, 15) is 0 Å². The second-order valence-corrected chi connectivity index (χ2v) is 6.93. The van der Waals surface area contributed by atoms with Crippen molar-refractivity contribution < 1.29 is 4.43 Å². The van der Waals surface area contributed by atoms with Crippen molar-refractivity contribution in [3.63, 3.8) is 0 Å². The molecule has 0 spiro atoms. The molecule has 3 atom stereocenters. The summed E-state index contributed by atoms with van der Waals surface area (Å²) in [7, 11) is -0.00818. The fourth-order valence-electron chi connectivity index (χ4n) is 3.71. The predicted octanol–water partition coefficient (Wildman–Crippen LogP) is 5.16. The number of halogens is 1. The Balaban J connectivity index is 1.59. The second-order valence-electron chi connectivity index (χ2n) is 6.08. The van der Waals surface area contributed by atoms with Crippen LogP contribution in [0.3, 0.4) is 0 Å². The molecule has 3 unspecified atom stereocenters. The van der Waals surface area contributed by atoms with Gasteiger partial charge in [0.1, 0.15) is 0 Å². The first kappa shape index (κ1) is 14.9. The molecule has 0 aromatic heterocycles. The topological polar surface area (TPSA) is 9.23 Å². The van der Waals surface area contributed by atoms with E-state index >= 15 is 0 Å². The lowest BCUT2D eigenvalue weighted by molar-refractivity contribution is 0.186. The fraction of sp³-hybridized carbons (Fsp3) is 0.200. The SMILES string of the molecule is Cl[Si]OC(CC1C=Cc2ccccc21)C1C=Cc2ccccc21. The molecular formula is C20H17ClOSi. The zero-order valence-corrected chi connectivity index (χ0v) is 14.4. The van der Waals surface area contributed by atoms with Gasteiger partial charge in [0.25, 0.3) is 0 Å². The van der Waals surface area contributed by atoms with E-state index in [1.54, 1.807) is 0 Å². The molecule has 0 saturated carbocycles. The van der Waals surface area contributed by atoms with Gasteiger partial charge >= 0.3 is 9.07 Å². The van der Waals surface area contributed by atoms with E-state index in [-0.39, 0.29) is 15.2 Å². The summed E-state index contributed by atoms with van der Waals surface area (Å²) in [5.41, 5.74) is 5.37. The van der Waals surface area contributed by atoms with Gasteiger partial charge in [0.2, 0.25) is 0 Å². The Morgan fingerprint density at radius 2 is 1.57 bits per heavy atom. The minimum Gasteiger partial charge on any atom is -0.399 e. The van der Waals surface area contributed by atoms with Gasteiger partial charge in [-0.2, -0.15) is 0 Å². The number of hydrogen-bond acceptors (Lipinski definition) is 1. The molecule has 0 heterocycles. The van der Waals surface area contributed by atoms with E-state index in [4.69, 9.17) is 15.5 Å². The Bertz CT molecular complexity index is 768. The summed E-state index contributed by atoms with van der Waals surface area (Å²) in [4.78, 5) is 0. The monoisotopic (exact) mass is 336 g/mol. The van der Waals surface area contributed by atoms with Crippen molar-refractivity contribution in [2.75, 3.05) is 0 Å². The lowest BCUT2D eigenvalue weighted by Gasteiger charge is -2.26. The van der Waals surface area contributed by atoms with Crippen LogP contribution in [0.4, 0.5) is 0 Å². The zero-order chi connectivity index (χ0) is 15.6. The highest BCUT2D eigenvalue weighted by Crippen LogP contribution is 2.40. The van der Waals surface area contributed by atoms with Crippen LogP contribution in [0, 0.1) is 0 Å². The minimum absolute atomic E-state index is 0.00818. The van der Waals surface area contributed by atoms with Gasteiger partial charge in [-0.1, -0.05) is 72.8 Å². The van der Waals surface area contributed by atoms with Crippen LogP contribution in [0.5, 0.6) is 0 Å². The number of benzene rings is 2. The molecule has 3 heteroatoms. The third kappa shape index (κ3) is 2.83. The molecule has 0 fully saturated rings. The first-order valence-electron chi connectivity index (χ1n) is 7.92. The third-order valence-electron chi connectivity index (χ3n) is 4.82. The summed E-state index contributed by atoms with van der Waals surface area (Å²) in [6.45, 7) is 0. The standard InChI is InChI=1S/C20H17ClOSi/c21-23-22-20(19-12-11-15-6-2-4-8-18(15)19)13-16-10-9-14-5-1-3-7-17(14)16/h1-12,16,19-20H,13H2. The lowest BCUT2D eigenvalue weighted by Crippen LogP contribution is -2.23. The molecule has 114 valence electrons. The van der Waals surface area contributed by atoms with Gasteiger partial charge in [-0.3, -0.25) is 0 Å². The highest BCUT2D eigenvalue weighted by molar-refractivity contribution is 6.90. The zero-order valence-electron chi connectivity index (χ0n) is 12.7. The summed E-state index contributed by atoms with van der Waals surface area (Å²) < 4.78 is 5.97. The summed E-state index contributed by atoms with van der Waals surface area (Å²) in [6.07, 6.45) is 10.0. The van der Waals surface area contributed by atoms with E-state index < -0.39 is 0 Å². The highest BCUT2D eigenvalue weighted by Gasteiger charge is 2.30. The molecule has 0 saturated heterocycles. The molecule has 4 rings (SSSR count). The number of allylic oxidation sites excluding steroid dienone is 1. The Morgan fingerprint density at radius 3 is 2.35 bits per heavy atom. The second kappa shape index (κ2) is 6.48. The largest absolute Gasteiger partial charge is 0.399 e. The van der Waals surface area contributed by atoms with E-state index in [0.29, 0.717) is 11.8 Å². The van der Waals surface area contributed by atoms with Gasteiger partial charge in [-0.25, -0.2) is 0 Å². The van der Waals surface area contributed by atoms with Gasteiger partial charge in [0.05, 0.1) is 6.10 Å². The maximum atomic E-state index is 5.97. The molecule has 0 aliphatic heterocycles. The molecule has 1 nitrogen and oxygen atoms in total. The van der Waals surface area contributed by atoms with Crippen molar-refractivity contribution >= 4 is 32.3 Å². The molecule has 2 aliphatic rings. The van der Waals surface area contributed by atoms with Crippen molar-refractivity contribution in [3.8, 4) is 0 Å². The average molecular weight is 337 g/mol. The maximum absolute atomic E-state index is 5.97. The van der Waals surface area contributed by atoms with Crippen LogP contribution in [0.2, 0.25) is 0 Å². The van der Waals surface area contributed by atoms with E-state index in [1.165, 1.54) is 22.3 Å². The van der Waals surface area contributed by atoms with Crippen molar-refractivity contribution in [3.05, 3.63) is 82.9 Å². The average Bonchev–Trinajstić information content (AvgIpc) is 3.19. The summed E-state index contributed by atoms with van der Waals surface area (Å²) in [6, 6.07) is 17.2. The minimum atomic E-state index is -0.00818. The van der Waals surface area contributed by atoms with Crippen LogP contribution >= 0.6 is 11.1 Å². The van der Waals surface area contributed by atoms with Crippen molar-refractivity contribution in [1.82, 2.24) is 0 Å². The van der Waals surface area contributed by atoms with Crippen molar-refractivity contribution in [1.29, 1.82) is 0 Å². The highest BCUT2D eigenvalue weighted by atomic mass is 35.6. The van der Waals surface area contributed by atoms with Crippen LogP contribution in [0.25, 0.3) is 12.2 Å². The van der Waals surface area contributed by atoms with Gasteiger partial charge in [0.15, 0.2) is 0 Å². The quantitative estimate of drug-likeness (QED) is 0.541. The Labute approximate surface area is 144 Å². The van der Waals surface area contributed by atoms with Gasteiger partial charge in [-0.05, 0) is 28.7 Å². The first-order chi connectivity index (χ1) is 11.4. The number of fused-ring (bicyclic) bond motifs is 2. The molecular weight excluding hydrogens is 320 g/mol. The van der Waals surface area contributed by atoms with Crippen LogP contribution in [0.1, 0.15) is 40.5 Å². The normalized spacial score (nSPS) is 22.1. The first-order valence-corrected chi connectivity index (χ1v) is 9.84. The van der Waals surface area contributed by atoms with Crippen LogP contribution in [-0.4, -0.2) is 15.2 Å². The lowest BCUT2D eigenvalue weighted by atomic mass is 9.87. The van der Waals surface area contributed by atoms with Crippen molar-refractivity contribution in [2.45, 2.75) is 24.4 Å². The summed E-state index contributed by atoms with van der Waals surface area (Å²) in [5.74, 6) is 0.698. The van der Waals surface area contributed by atoms with Gasteiger partial charge < -0.3 is 4.43 Å². The number of rotatable bonds is 5. The summed E-state index contributed by atoms with van der Waals surface area (Å²) in [5, 5.41) is 0. The molecule has 0 N–H and O–H groups in total.